The summed E-state index contributed by atoms with van der Waals surface area (Å²) < 4.78 is 0. The number of carbonyl (C=O) groups is 2. The van der Waals surface area contributed by atoms with E-state index >= 15 is 0 Å². The highest BCUT2D eigenvalue weighted by Gasteiger charge is 2.21. The molecule has 2 amide bonds. The van der Waals surface area contributed by atoms with Gasteiger partial charge in [-0.2, -0.15) is 0 Å². The molecule has 0 aromatic heterocycles. The maximum atomic E-state index is 12.3. The number of amides is 2. The Labute approximate surface area is 158 Å². The van der Waals surface area contributed by atoms with Gasteiger partial charge in [0.2, 0.25) is 11.8 Å². The number of non-ortho nitro benzene ring substituents is 1. The van der Waals surface area contributed by atoms with Crippen LogP contribution in [-0.4, -0.2) is 72.4 Å². The van der Waals surface area contributed by atoms with Crippen LogP contribution in [0.5, 0.6) is 0 Å². The average Bonchev–Trinajstić information content (AvgIpc) is 2.66. The minimum atomic E-state index is -0.432. The topological polar surface area (TPSA) is 108 Å². The molecule has 0 bridgehead atoms. The third kappa shape index (κ3) is 6.86. The Bertz CT molecular complexity index is 642. The number of hydrogen-bond donors (Lipinski definition) is 2. The molecule has 1 aromatic carbocycles. The van der Waals surface area contributed by atoms with Gasteiger partial charge in [0.1, 0.15) is 0 Å². The lowest BCUT2D eigenvalue weighted by molar-refractivity contribution is -0.384. The van der Waals surface area contributed by atoms with E-state index in [1.807, 2.05) is 11.8 Å². The van der Waals surface area contributed by atoms with Crippen molar-refractivity contribution in [2.24, 2.45) is 0 Å². The van der Waals surface area contributed by atoms with Crippen LogP contribution in [0.2, 0.25) is 0 Å². The molecule has 0 spiro atoms. The number of nitro groups is 1. The number of piperazine rings is 1. The predicted octanol–water partition coefficient (Wildman–Crippen LogP) is 1.07. The van der Waals surface area contributed by atoms with Crippen molar-refractivity contribution in [1.29, 1.82) is 0 Å². The molecule has 0 saturated carbocycles. The summed E-state index contributed by atoms with van der Waals surface area (Å²) in [6.45, 7) is 6.25. The smallest absolute Gasteiger partial charge is 0.269 e. The van der Waals surface area contributed by atoms with E-state index in [4.69, 9.17) is 0 Å². The zero-order chi connectivity index (χ0) is 19.6. The van der Waals surface area contributed by atoms with Gasteiger partial charge in [-0.15, -0.1) is 0 Å². The molecule has 1 saturated heterocycles. The van der Waals surface area contributed by atoms with Crippen molar-refractivity contribution in [3.63, 3.8) is 0 Å². The normalized spacial score (nSPS) is 14.6. The molecule has 0 atom stereocenters. The zero-order valence-electron chi connectivity index (χ0n) is 15.6. The van der Waals surface area contributed by atoms with Gasteiger partial charge in [-0.3, -0.25) is 24.6 Å². The van der Waals surface area contributed by atoms with Gasteiger partial charge in [-0.25, -0.2) is 0 Å². The van der Waals surface area contributed by atoms with Crippen LogP contribution in [0.3, 0.4) is 0 Å². The molecule has 2 rings (SSSR count). The van der Waals surface area contributed by atoms with Gasteiger partial charge in [0, 0.05) is 63.5 Å². The van der Waals surface area contributed by atoms with E-state index in [9.17, 15) is 19.7 Å². The molecule has 1 heterocycles. The lowest BCUT2D eigenvalue weighted by Crippen LogP contribution is -2.51. The number of nitrogens with zero attached hydrogens (tertiary/aromatic N) is 3. The lowest BCUT2D eigenvalue weighted by atomic mass is 10.2. The summed E-state index contributed by atoms with van der Waals surface area (Å²) in [5, 5.41) is 16.6. The van der Waals surface area contributed by atoms with E-state index in [1.54, 1.807) is 12.1 Å². The van der Waals surface area contributed by atoms with Crippen molar-refractivity contribution in [3.05, 3.63) is 34.4 Å². The molecular formula is C18H27N5O4. The van der Waals surface area contributed by atoms with Gasteiger partial charge in [0.25, 0.3) is 5.69 Å². The molecule has 1 aromatic rings. The minimum absolute atomic E-state index is 0.0228. The second kappa shape index (κ2) is 10.5. The van der Waals surface area contributed by atoms with E-state index in [-0.39, 0.29) is 17.5 Å². The van der Waals surface area contributed by atoms with Crippen LogP contribution in [0, 0.1) is 10.1 Å². The second-order valence-electron chi connectivity index (χ2n) is 6.44. The van der Waals surface area contributed by atoms with Gasteiger partial charge < -0.3 is 15.5 Å². The van der Waals surface area contributed by atoms with Gasteiger partial charge in [-0.05, 0) is 25.5 Å². The number of nitro benzene ring substituents is 1. The van der Waals surface area contributed by atoms with Crippen LogP contribution < -0.4 is 10.6 Å². The fourth-order valence-corrected chi connectivity index (χ4v) is 2.94. The molecule has 2 N–H and O–H groups in total. The first kappa shape index (κ1) is 20.6. The molecule has 1 fully saturated rings. The van der Waals surface area contributed by atoms with E-state index in [1.165, 1.54) is 12.1 Å². The van der Waals surface area contributed by atoms with Gasteiger partial charge in [-0.1, -0.05) is 0 Å². The van der Waals surface area contributed by atoms with Crippen molar-refractivity contribution < 1.29 is 14.5 Å². The van der Waals surface area contributed by atoms with Crippen LogP contribution in [0.1, 0.15) is 19.8 Å². The highest BCUT2D eigenvalue weighted by atomic mass is 16.6. The summed E-state index contributed by atoms with van der Waals surface area (Å²) in [4.78, 5) is 38.0. The van der Waals surface area contributed by atoms with Crippen molar-refractivity contribution >= 4 is 23.2 Å². The molecule has 9 heteroatoms. The number of anilines is 1. The second-order valence-corrected chi connectivity index (χ2v) is 6.44. The molecule has 1 aliphatic heterocycles. The summed E-state index contributed by atoms with van der Waals surface area (Å²) in [6.07, 6.45) is 1.14. The number of rotatable bonds is 9. The highest BCUT2D eigenvalue weighted by molar-refractivity contribution is 5.78. The monoisotopic (exact) mass is 377 g/mol. The Balaban J connectivity index is 1.62. The molecule has 0 aliphatic carbocycles. The van der Waals surface area contributed by atoms with E-state index in [0.717, 1.165) is 5.69 Å². The fourth-order valence-electron chi connectivity index (χ4n) is 2.94. The van der Waals surface area contributed by atoms with E-state index < -0.39 is 4.92 Å². The lowest BCUT2D eigenvalue weighted by Gasteiger charge is -2.34. The summed E-state index contributed by atoms with van der Waals surface area (Å²) in [6, 6.07) is 6.23. The van der Waals surface area contributed by atoms with Gasteiger partial charge >= 0.3 is 0 Å². The third-order valence-corrected chi connectivity index (χ3v) is 4.44. The van der Waals surface area contributed by atoms with Crippen molar-refractivity contribution in [2.45, 2.75) is 19.8 Å². The molecule has 0 unspecified atom stereocenters. The van der Waals surface area contributed by atoms with Crippen LogP contribution in [0.15, 0.2) is 24.3 Å². The van der Waals surface area contributed by atoms with Gasteiger partial charge in [0.05, 0.1) is 11.5 Å². The summed E-state index contributed by atoms with van der Waals surface area (Å²) in [7, 11) is 0. The molecular weight excluding hydrogens is 350 g/mol. The third-order valence-electron chi connectivity index (χ3n) is 4.44. The Hall–Kier alpha value is -2.68. The number of likely N-dealkylation sites (N-methyl/N-ethyl adjacent to an activating group) is 1. The highest BCUT2D eigenvalue weighted by Crippen LogP contribution is 2.15. The van der Waals surface area contributed by atoms with Crippen molar-refractivity contribution in [2.75, 3.05) is 51.1 Å². The molecule has 0 radical (unpaired) electrons. The predicted molar refractivity (Wildman–Crippen MR) is 103 cm³/mol. The Morgan fingerprint density at radius 2 is 1.81 bits per heavy atom. The quantitative estimate of drug-likeness (QED) is 0.379. The number of nitrogens with one attached hydrogen (secondary N) is 2. The molecule has 27 heavy (non-hydrogen) atoms. The standard InChI is InChI=1S/C18H27N5O4/c1-2-19-17(24)14-21-10-12-22(13-11-21)18(25)4-3-9-20-15-5-7-16(8-6-15)23(26)27/h5-8,20H,2-4,9-14H2,1H3,(H,19,24). The number of carbonyl (C=O) groups excluding carboxylic acids is 2. The number of hydrogen-bond acceptors (Lipinski definition) is 6. The Morgan fingerprint density at radius 1 is 1.15 bits per heavy atom. The van der Waals surface area contributed by atoms with Crippen LogP contribution in [0.4, 0.5) is 11.4 Å². The molecule has 9 nitrogen and oxygen atoms in total. The SMILES string of the molecule is CCNC(=O)CN1CCN(C(=O)CCCNc2ccc([N+](=O)[O-])cc2)CC1. The van der Waals surface area contributed by atoms with Crippen LogP contribution >= 0.6 is 0 Å². The Kier molecular flexibility index (Phi) is 8.00. The number of benzene rings is 1. The summed E-state index contributed by atoms with van der Waals surface area (Å²) in [5.74, 6) is 0.146. The maximum Gasteiger partial charge on any atom is 0.269 e. The van der Waals surface area contributed by atoms with Crippen LogP contribution in [-0.2, 0) is 9.59 Å². The van der Waals surface area contributed by atoms with Crippen molar-refractivity contribution in [1.82, 2.24) is 15.1 Å². The van der Waals surface area contributed by atoms with Crippen molar-refractivity contribution in [3.8, 4) is 0 Å². The summed E-state index contributed by atoms with van der Waals surface area (Å²) in [5.41, 5.74) is 0.856. The zero-order valence-corrected chi connectivity index (χ0v) is 15.6. The Morgan fingerprint density at radius 3 is 2.41 bits per heavy atom. The fraction of sp³-hybridized carbons (Fsp3) is 0.556. The first-order valence-electron chi connectivity index (χ1n) is 9.24. The first-order valence-corrected chi connectivity index (χ1v) is 9.24. The van der Waals surface area contributed by atoms with E-state index in [0.29, 0.717) is 58.7 Å². The van der Waals surface area contributed by atoms with E-state index in [2.05, 4.69) is 15.5 Å². The molecule has 148 valence electrons. The largest absolute Gasteiger partial charge is 0.385 e. The minimum Gasteiger partial charge on any atom is -0.385 e. The van der Waals surface area contributed by atoms with Gasteiger partial charge in [0.15, 0.2) is 0 Å². The average molecular weight is 377 g/mol. The summed E-state index contributed by atoms with van der Waals surface area (Å²) >= 11 is 0. The first-order chi connectivity index (χ1) is 13.0. The molecule has 1 aliphatic rings. The van der Waals surface area contributed by atoms with Crippen LogP contribution in [0.25, 0.3) is 0 Å². The maximum absolute atomic E-state index is 12.3.